The molecule has 0 radical (unpaired) electrons. The van der Waals surface area contributed by atoms with Crippen LogP contribution in [0.15, 0.2) is 47.4 Å². The number of thioether (sulfide) groups is 1. The largest absolute Gasteiger partial charge is 0.490 e. The van der Waals surface area contributed by atoms with Crippen molar-refractivity contribution in [3.8, 4) is 23.6 Å². The van der Waals surface area contributed by atoms with E-state index in [9.17, 15) is 14.9 Å². The van der Waals surface area contributed by atoms with Crippen LogP contribution in [0.1, 0.15) is 23.6 Å². The Morgan fingerprint density at radius 1 is 1.10 bits per heavy atom. The second kappa shape index (κ2) is 9.64. The fourth-order valence-electron chi connectivity index (χ4n) is 2.84. The summed E-state index contributed by atoms with van der Waals surface area (Å²) < 4.78 is 10.9. The Morgan fingerprint density at radius 2 is 1.90 bits per heavy atom. The molecule has 1 aliphatic rings. The number of benzene rings is 2. The predicted molar refractivity (Wildman–Crippen MR) is 111 cm³/mol. The molecule has 0 aliphatic carbocycles. The second-order valence-corrected chi connectivity index (χ2v) is 7.12. The van der Waals surface area contributed by atoms with Gasteiger partial charge in [-0.15, -0.1) is 0 Å². The van der Waals surface area contributed by atoms with Gasteiger partial charge >= 0.3 is 0 Å². The van der Waals surface area contributed by atoms with Crippen molar-refractivity contribution in [2.75, 3.05) is 13.2 Å². The van der Waals surface area contributed by atoms with Gasteiger partial charge in [0.05, 0.1) is 29.7 Å². The van der Waals surface area contributed by atoms with Crippen molar-refractivity contribution >= 4 is 29.0 Å². The number of nitrogens with zero attached hydrogens (tertiary/aromatic N) is 3. The molecule has 2 aromatic carbocycles. The zero-order valence-corrected chi connectivity index (χ0v) is 16.9. The van der Waals surface area contributed by atoms with Gasteiger partial charge in [0.15, 0.2) is 18.1 Å². The molecule has 0 unspecified atom stereocenters. The molecule has 0 spiro atoms. The summed E-state index contributed by atoms with van der Waals surface area (Å²) in [6.45, 7) is 2.16. The molecule has 1 fully saturated rings. The molecular formula is C22H17N3O4S. The van der Waals surface area contributed by atoms with Crippen molar-refractivity contribution in [2.24, 2.45) is 0 Å². The number of hydrogen-bond acceptors (Lipinski definition) is 7. The van der Waals surface area contributed by atoms with Crippen LogP contribution in [0.5, 0.6) is 11.5 Å². The number of carbonyl (C=O) groups is 2. The van der Waals surface area contributed by atoms with E-state index in [0.29, 0.717) is 34.8 Å². The molecule has 0 N–H and O–H groups in total. The zero-order chi connectivity index (χ0) is 21.5. The minimum Gasteiger partial charge on any atom is -0.490 e. The highest BCUT2D eigenvalue weighted by Crippen LogP contribution is 2.35. The van der Waals surface area contributed by atoms with Gasteiger partial charge in [-0.25, -0.2) is 0 Å². The Morgan fingerprint density at radius 3 is 2.63 bits per heavy atom. The Balaban J connectivity index is 1.84. The van der Waals surface area contributed by atoms with E-state index in [-0.39, 0.29) is 18.1 Å². The van der Waals surface area contributed by atoms with Crippen LogP contribution < -0.4 is 9.47 Å². The van der Waals surface area contributed by atoms with Gasteiger partial charge in [-0.1, -0.05) is 24.3 Å². The molecule has 2 amide bonds. The summed E-state index contributed by atoms with van der Waals surface area (Å²) in [6.07, 6.45) is 1.61. The van der Waals surface area contributed by atoms with Gasteiger partial charge < -0.3 is 9.47 Å². The summed E-state index contributed by atoms with van der Waals surface area (Å²) in [7, 11) is 0. The van der Waals surface area contributed by atoms with Gasteiger partial charge in [-0.2, -0.15) is 10.5 Å². The van der Waals surface area contributed by atoms with Crippen LogP contribution in [0.25, 0.3) is 6.08 Å². The summed E-state index contributed by atoms with van der Waals surface area (Å²) in [5, 5.41) is 17.5. The standard InChI is InChI=1S/C22H17N3O4S/c1-2-28-19-11-15(7-8-18(19)29-10-9-23)12-20-21(26)25(22(27)30-20)14-17-6-4-3-5-16(17)13-24/h3-8,11-12H,2,10,14H2,1H3/b20-12-. The number of imide groups is 1. The van der Waals surface area contributed by atoms with Crippen molar-refractivity contribution in [1.29, 1.82) is 10.5 Å². The molecule has 7 nitrogen and oxygen atoms in total. The fourth-order valence-corrected chi connectivity index (χ4v) is 3.68. The average Bonchev–Trinajstić information content (AvgIpc) is 3.01. The van der Waals surface area contributed by atoms with E-state index in [1.807, 2.05) is 13.0 Å². The minimum absolute atomic E-state index is 0.0386. The lowest BCUT2D eigenvalue weighted by Gasteiger charge is -2.13. The molecule has 0 saturated carbocycles. The first-order chi connectivity index (χ1) is 14.6. The molecule has 30 heavy (non-hydrogen) atoms. The van der Waals surface area contributed by atoms with E-state index in [0.717, 1.165) is 16.7 Å². The van der Waals surface area contributed by atoms with Gasteiger partial charge in [0, 0.05) is 0 Å². The van der Waals surface area contributed by atoms with Gasteiger partial charge in [-0.05, 0) is 54.1 Å². The quantitative estimate of drug-likeness (QED) is 0.623. The molecule has 0 atom stereocenters. The summed E-state index contributed by atoms with van der Waals surface area (Å²) in [5.74, 6) is 0.459. The molecular weight excluding hydrogens is 402 g/mol. The number of rotatable bonds is 7. The maximum absolute atomic E-state index is 12.8. The molecule has 1 aliphatic heterocycles. The number of nitriles is 2. The van der Waals surface area contributed by atoms with Crippen LogP contribution in [-0.2, 0) is 11.3 Å². The number of ether oxygens (including phenoxy) is 2. The number of hydrogen-bond donors (Lipinski definition) is 0. The van der Waals surface area contributed by atoms with Gasteiger partial charge in [0.2, 0.25) is 0 Å². The van der Waals surface area contributed by atoms with Crippen molar-refractivity contribution in [3.05, 3.63) is 64.1 Å². The van der Waals surface area contributed by atoms with Crippen LogP contribution in [0, 0.1) is 22.7 Å². The van der Waals surface area contributed by atoms with E-state index in [2.05, 4.69) is 6.07 Å². The number of carbonyl (C=O) groups excluding carboxylic acids is 2. The smallest absolute Gasteiger partial charge is 0.293 e. The highest BCUT2D eigenvalue weighted by Gasteiger charge is 2.35. The summed E-state index contributed by atoms with van der Waals surface area (Å²) in [6, 6.07) is 15.9. The van der Waals surface area contributed by atoms with Crippen LogP contribution in [-0.4, -0.2) is 29.3 Å². The van der Waals surface area contributed by atoms with Crippen molar-refractivity contribution in [1.82, 2.24) is 4.90 Å². The van der Waals surface area contributed by atoms with Crippen LogP contribution in [0.3, 0.4) is 0 Å². The number of amides is 2. The lowest BCUT2D eigenvalue weighted by Crippen LogP contribution is -2.27. The van der Waals surface area contributed by atoms with Crippen molar-refractivity contribution < 1.29 is 19.1 Å². The SMILES string of the molecule is CCOc1cc(/C=C2\SC(=O)N(Cc3ccccc3C#N)C2=O)ccc1OCC#N. The topological polar surface area (TPSA) is 103 Å². The minimum atomic E-state index is -0.416. The third-order valence-electron chi connectivity index (χ3n) is 4.20. The van der Waals surface area contributed by atoms with E-state index in [4.69, 9.17) is 14.7 Å². The monoisotopic (exact) mass is 419 g/mol. The normalized spacial score (nSPS) is 14.5. The lowest BCUT2D eigenvalue weighted by atomic mass is 10.1. The molecule has 150 valence electrons. The first-order valence-electron chi connectivity index (χ1n) is 9.07. The van der Waals surface area contributed by atoms with Crippen LogP contribution >= 0.6 is 11.8 Å². The molecule has 3 rings (SSSR count). The van der Waals surface area contributed by atoms with Gasteiger partial charge in [0.1, 0.15) is 6.07 Å². The summed E-state index contributed by atoms with van der Waals surface area (Å²) in [5.41, 5.74) is 1.70. The van der Waals surface area contributed by atoms with E-state index >= 15 is 0 Å². The first kappa shape index (κ1) is 21.0. The summed E-state index contributed by atoms with van der Waals surface area (Å²) >= 11 is 0.847. The van der Waals surface area contributed by atoms with E-state index in [1.165, 1.54) is 0 Å². The molecule has 2 aromatic rings. The summed E-state index contributed by atoms with van der Waals surface area (Å²) in [4.78, 5) is 26.6. The fraction of sp³-hybridized carbons (Fsp3) is 0.182. The first-order valence-corrected chi connectivity index (χ1v) is 9.89. The highest BCUT2D eigenvalue weighted by molar-refractivity contribution is 8.18. The molecule has 0 bridgehead atoms. The van der Waals surface area contributed by atoms with E-state index in [1.54, 1.807) is 48.5 Å². The molecule has 8 heteroatoms. The lowest BCUT2D eigenvalue weighted by molar-refractivity contribution is -0.123. The van der Waals surface area contributed by atoms with E-state index < -0.39 is 11.1 Å². The third-order valence-corrected chi connectivity index (χ3v) is 5.10. The molecule has 1 saturated heterocycles. The van der Waals surface area contributed by atoms with Crippen LogP contribution in [0.2, 0.25) is 0 Å². The Labute approximate surface area is 178 Å². The van der Waals surface area contributed by atoms with Gasteiger partial charge in [-0.3, -0.25) is 14.5 Å². The highest BCUT2D eigenvalue weighted by atomic mass is 32.2. The maximum Gasteiger partial charge on any atom is 0.293 e. The average molecular weight is 419 g/mol. The third kappa shape index (κ3) is 4.62. The van der Waals surface area contributed by atoms with Crippen molar-refractivity contribution in [2.45, 2.75) is 13.5 Å². The predicted octanol–water partition coefficient (Wildman–Crippen LogP) is 4.10. The maximum atomic E-state index is 12.8. The second-order valence-electron chi connectivity index (χ2n) is 6.12. The van der Waals surface area contributed by atoms with Crippen molar-refractivity contribution in [3.63, 3.8) is 0 Å². The zero-order valence-electron chi connectivity index (χ0n) is 16.1. The van der Waals surface area contributed by atoms with Gasteiger partial charge in [0.25, 0.3) is 11.1 Å². The molecule has 0 aromatic heterocycles. The Kier molecular flexibility index (Phi) is 6.74. The Hall–Kier alpha value is -3.75. The Bertz CT molecular complexity index is 1100. The molecule has 1 heterocycles. The van der Waals surface area contributed by atoms with Crippen LogP contribution in [0.4, 0.5) is 4.79 Å².